The maximum absolute atomic E-state index is 12.3. The average Bonchev–Trinajstić information content (AvgIpc) is 3.17. The molecule has 0 saturated heterocycles. The zero-order valence-corrected chi connectivity index (χ0v) is 14.8. The molecular weight excluding hydrogens is 344 g/mol. The van der Waals surface area contributed by atoms with Crippen LogP contribution in [0.3, 0.4) is 0 Å². The van der Waals surface area contributed by atoms with Gasteiger partial charge in [0.15, 0.2) is 10.7 Å². The van der Waals surface area contributed by atoms with Gasteiger partial charge in [-0.05, 0) is 18.6 Å². The lowest BCUT2D eigenvalue weighted by atomic mass is 10.3. The summed E-state index contributed by atoms with van der Waals surface area (Å²) in [5, 5.41) is 5.68. The van der Waals surface area contributed by atoms with E-state index in [4.69, 9.17) is 10.2 Å². The Labute approximate surface area is 147 Å². The van der Waals surface area contributed by atoms with Crippen LogP contribution in [-0.2, 0) is 11.2 Å². The number of para-hydroxylation sites is 2. The van der Waals surface area contributed by atoms with Gasteiger partial charge in [0.25, 0.3) is 5.22 Å². The van der Waals surface area contributed by atoms with Crippen molar-refractivity contribution in [3.05, 3.63) is 35.3 Å². The van der Waals surface area contributed by atoms with Gasteiger partial charge in [0.1, 0.15) is 5.52 Å². The van der Waals surface area contributed by atoms with E-state index in [1.807, 2.05) is 36.6 Å². The van der Waals surface area contributed by atoms with Gasteiger partial charge >= 0.3 is 0 Å². The van der Waals surface area contributed by atoms with Gasteiger partial charge in [-0.3, -0.25) is 4.79 Å². The summed E-state index contributed by atoms with van der Waals surface area (Å²) >= 11 is 2.76. The van der Waals surface area contributed by atoms with Crippen LogP contribution in [0.2, 0.25) is 0 Å². The fourth-order valence-corrected chi connectivity index (χ4v) is 3.70. The van der Waals surface area contributed by atoms with Gasteiger partial charge < -0.3 is 15.5 Å². The Hall–Kier alpha value is -2.06. The molecule has 8 heteroatoms. The molecule has 24 heavy (non-hydrogen) atoms. The normalized spacial score (nSPS) is 12.4. The van der Waals surface area contributed by atoms with E-state index in [0.717, 1.165) is 16.8 Å². The fourth-order valence-electron chi connectivity index (χ4n) is 2.21. The molecule has 1 amide bonds. The van der Waals surface area contributed by atoms with Crippen LogP contribution >= 0.6 is 23.1 Å². The smallest absolute Gasteiger partial charge is 0.257 e. The minimum absolute atomic E-state index is 0.0204. The summed E-state index contributed by atoms with van der Waals surface area (Å²) in [5.41, 5.74) is 8.03. The van der Waals surface area contributed by atoms with Crippen LogP contribution in [0.1, 0.15) is 19.0 Å². The van der Waals surface area contributed by atoms with Crippen molar-refractivity contribution in [1.29, 1.82) is 0 Å². The number of nitrogens with zero attached hydrogens (tertiary/aromatic N) is 2. The van der Waals surface area contributed by atoms with E-state index in [1.165, 1.54) is 23.1 Å². The monoisotopic (exact) mass is 362 g/mol. The summed E-state index contributed by atoms with van der Waals surface area (Å²) in [7, 11) is 0. The number of anilines is 1. The predicted molar refractivity (Wildman–Crippen MR) is 97.2 cm³/mol. The number of nitrogens with two attached hydrogens (primary N) is 1. The third-order valence-electron chi connectivity index (χ3n) is 3.43. The second-order valence-electron chi connectivity index (χ2n) is 5.18. The summed E-state index contributed by atoms with van der Waals surface area (Å²) in [6.07, 6.45) is 1.36. The number of thiazole rings is 1. The molecule has 3 rings (SSSR count). The summed E-state index contributed by atoms with van der Waals surface area (Å²) < 4.78 is 5.68. The maximum atomic E-state index is 12.3. The fraction of sp³-hybridized carbons (Fsp3) is 0.312. The summed E-state index contributed by atoms with van der Waals surface area (Å²) in [5.74, 6) is -0.0204. The lowest BCUT2D eigenvalue weighted by Crippen LogP contribution is -2.33. The first-order chi connectivity index (χ1) is 11.7. The largest absolute Gasteiger partial charge is 0.431 e. The van der Waals surface area contributed by atoms with Gasteiger partial charge in [-0.2, -0.15) is 0 Å². The SMILES string of the molecule is CCC(Sc1nc2ccccc2o1)C(=O)NCCc1csc(N)n1. The molecule has 1 unspecified atom stereocenters. The highest BCUT2D eigenvalue weighted by Gasteiger charge is 2.20. The first-order valence-electron chi connectivity index (χ1n) is 7.65. The van der Waals surface area contributed by atoms with E-state index in [2.05, 4.69) is 15.3 Å². The van der Waals surface area contributed by atoms with Crippen LogP contribution in [0, 0.1) is 0 Å². The lowest BCUT2D eigenvalue weighted by molar-refractivity contribution is -0.120. The van der Waals surface area contributed by atoms with E-state index in [1.54, 1.807) is 0 Å². The van der Waals surface area contributed by atoms with E-state index in [0.29, 0.717) is 29.7 Å². The zero-order valence-electron chi connectivity index (χ0n) is 13.2. The maximum Gasteiger partial charge on any atom is 0.257 e. The second-order valence-corrected chi connectivity index (χ2v) is 7.22. The van der Waals surface area contributed by atoms with Crippen molar-refractivity contribution in [2.75, 3.05) is 12.3 Å². The summed E-state index contributed by atoms with van der Waals surface area (Å²) in [6.45, 7) is 2.51. The van der Waals surface area contributed by atoms with Crippen molar-refractivity contribution in [3.8, 4) is 0 Å². The molecule has 6 nitrogen and oxygen atoms in total. The topological polar surface area (TPSA) is 94.0 Å². The van der Waals surface area contributed by atoms with E-state index < -0.39 is 0 Å². The molecule has 0 fully saturated rings. The predicted octanol–water partition coefficient (Wildman–Crippen LogP) is 3.10. The van der Waals surface area contributed by atoms with Crippen molar-refractivity contribution in [2.24, 2.45) is 0 Å². The standard InChI is InChI=1S/C16H18N4O2S2/c1-2-13(14(21)18-8-7-10-9-23-15(17)19-10)24-16-20-11-5-3-4-6-12(11)22-16/h3-6,9,13H,2,7-8H2,1H3,(H2,17,19)(H,18,21). The highest BCUT2D eigenvalue weighted by Crippen LogP contribution is 2.28. The molecule has 0 radical (unpaired) electrons. The molecule has 126 valence electrons. The number of amides is 1. The van der Waals surface area contributed by atoms with Crippen molar-refractivity contribution in [3.63, 3.8) is 0 Å². The second kappa shape index (κ2) is 7.67. The molecule has 0 saturated carbocycles. The lowest BCUT2D eigenvalue weighted by Gasteiger charge is -2.12. The van der Waals surface area contributed by atoms with E-state index in [-0.39, 0.29) is 11.2 Å². The molecule has 3 aromatic rings. The molecule has 0 spiro atoms. The minimum atomic E-state index is -0.237. The summed E-state index contributed by atoms with van der Waals surface area (Å²) in [6, 6.07) is 7.57. The Morgan fingerprint density at radius 2 is 2.25 bits per heavy atom. The Balaban J connectivity index is 1.55. The molecule has 0 bridgehead atoms. The van der Waals surface area contributed by atoms with Gasteiger partial charge in [-0.1, -0.05) is 30.8 Å². The quantitative estimate of drug-likeness (QED) is 0.627. The third kappa shape index (κ3) is 4.07. The number of carbonyl (C=O) groups excluding carboxylic acids is 1. The van der Waals surface area contributed by atoms with Crippen LogP contribution in [0.15, 0.2) is 39.3 Å². The Bertz CT molecular complexity index is 797. The number of thioether (sulfide) groups is 1. The molecule has 1 aromatic carbocycles. The zero-order chi connectivity index (χ0) is 16.9. The average molecular weight is 362 g/mol. The molecule has 2 aromatic heterocycles. The molecule has 0 aliphatic carbocycles. The summed E-state index contributed by atoms with van der Waals surface area (Å²) in [4.78, 5) is 20.9. The molecule has 0 aliphatic heterocycles. The number of nitrogens with one attached hydrogen (secondary N) is 1. The number of fused-ring (bicyclic) bond motifs is 1. The number of benzene rings is 1. The van der Waals surface area contributed by atoms with E-state index in [9.17, 15) is 4.79 Å². The van der Waals surface area contributed by atoms with E-state index >= 15 is 0 Å². The first kappa shape index (κ1) is 16.8. The molecular formula is C16H18N4O2S2. The van der Waals surface area contributed by atoms with Gasteiger partial charge in [0.2, 0.25) is 5.91 Å². The Kier molecular flexibility index (Phi) is 5.37. The third-order valence-corrected chi connectivity index (χ3v) is 5.36. The van der Waals surface area contributed by atoms with Crippen molar-refractivity contribution < 1.29 is 9.21 Å². The number of oxazole rings is 1. The number of rotatable bonds is 7. The number of aromatic nitrogens is 2. The number of carbonyl (C=O) groups is 1. The van der Waals surface area contributed by atoms with Crippen molar-refractivity contribution in [2.45, 2.75) is 30.2 Å². The van der Waals surface area contributed by atoms with Crippen LogP contribution in [-0.4, -0.2) is 27.7 Å². The number of hydrogen-bond acceptors (Lipinski definition) is 7. The number of hydrogen-bond donors (Lipinski definition) is 2. The number of nitrogen functional groups attached to an aromatic ring is 1. The Morgan fingerprint density at radius 3 is 2.96 bits per heavy atom. The molecule has 1 atom stereocenters. The highest BCUT2D eigenvalue weighted by molar-refractivity contribution is 8.00. The molecule has 0 aliphatic rings. The van der Waals surface area contributed by atoms with Crippen molar-refractivity contribution in [1.82, 2.24) is 15.3 Å². The van der Waals surface area contributed by atoms with Crippen LogP contribution in [0.25, 0.3) is 11.1 Å². The van der Waals surface area contributed by atoms with Crippen LogP contribution < -0.4 is 11.1 Å². The van der Waals surface area contributed by atoms with Gasteiger partial charge in [0.05, 0.1) is 10.9 Å². The van der Waals surface area contributed by atoms with Crippen LogP contribution in [0.5, 0.6) is 0 Å². The molecule has 3 N–H and O–H groups in total. The van der Waals surface area contributed by atoms with Gasteiger partial charge in [0, 0.05) is 18.3 Å². The first-order valence-corrected chi connectivity index (χ1v) is 9.41. The van der Waals surface area contributed by atoms with Crippen molar-refractivity contribution >= 4 is 45.2 Å². The van der Waals surface area contributed by atoms with Gasteiger partial charge in [-0.25, -0.2) is 9.97 Å². The minimum Gasteiger partial charge on any atom is -0.431 e. The molecule has 2 heterocycles. The highest BCUT2D eigenvalue weighted by atomic mass is 32.2. The van der Waals surface area contributed by atoms with Crippen LogP contribution in [0.4, 0.5) is 5.13 Å². The van der Waals surface area contributed by atoms with Gasteiger partial charge in [-0.15, -0.1) is 11.3 Å². The Morgan fingerprint density at radius 1 is 1.42 bits per heavy atom.